The molecule has 1 fully saturated rings. The lowest BCUT2D eigenvalue weighted by atomic mass is 10.1. The van der Waals surface area contributed by atoms with E-state index in [2.05, 4.69) is 16.0 Å². The van der Waals surface area contributed by atoms with Crippen LogP contribution in [-0.2, 0) is 9.59 Å². The number of rotatable bonds is 6. The molecule has 2 aromatic rings. The molecule has 2 aromatic carbocycles. The van der Waals surface area contributed by atoms with Gasteiger partial charge in [0.25, 0.3) is 5.91 Å². The molecule has 0 atom stereocenters. The van der Waals surface area contributed by atoms with E-state index in [-0.39, 0.29) is 24.3 Å². The van der Waals surface area contributed by atoms with E-state index in [0.29, 0.717) is 16.9 Å². The molecule has 29 heavy (non-hydrogen) atoms. The van der Waals surface area contributed by atoms with Crippen LogP contribution in [0.3, 0.4) is 0 Å². The molecule has 3 N–H and O–H groups in total. The van der Waals surface area contributed by atoms with Crippen LogP contribution in [0.4, 0.5) is 17.1 Å². The number of benzene rings is 2. The van der Waals surface area contributed by atoms with Crippen molar-refractivity contribution in [1.82, 2.24) is 4.90 Å². The highest BCUT2D eigenvalue weighted by Gasteiger charge is 2.17. The topological polar surface area (TPSA) is 90.5 Å². The molecule has 1 aliphatic heterocycles. The lowest BCUT2D eigenvalue weighted by Crippen LogP contribution is -2.35. The second-order valence-electron chi connectivity index (χ2n) is 7.09. The van der Waals surface area contributed by atoms with Crippen LogP contribution in [0, 0.1) is 0 Å². The fourth-order valence-corrected chi connectivity index (χ4v) is 3.24. The van der Waals surface area contributed by atoms with Gasteiger partial charge >= 0.3 is 0 Å². The summed E-state index contributed by atoms with van der Waals surface area (Å²) in [5.74, 6) is -0.267. The van der Waals surface area contributed by atoms with Gasteiger partial charge in [0.05, 0.1) is 6.54 Å². The quantitative estimate of drug-likeness (QED) is 0.701. The van der Waals surface area contributed by atoms with Crippen LogP contribution in [0.15, 0.2) is 48.5 Å². The average Bonchev–Trinajstić information content (AvgIpc) is 2.74. The van der Waals surface area contributed by atoms with Crippen molar-refractivity contribution in [1.29, 1.82) is 0 Å². The summed E-state index contributed by atoms with van der Waals surface area (Å²) in [6, 6.07) is 14.1. The highest BCUT2D eigenvalue weighted by atomic mass is 16.2. The molecule has 0 bridgehead atoms. The zero-order valence-electron chi connectivity index (χ0n) is 16.5. The Morgan fingerprint density at radius 2 is 1.34 bits per heavy atom. The number of nitrogens with one attached hydrogen (secondary N) is 3. The minimum atomic E-state index is -0.189. The van der Waals surface area contributed by atoms with Crippen LogP contribution in [0.5, 0.6) is 0 Å². The third-order valence-electron chi connectivity index (χ3n) is 4.72. The first kappa shape index (κ1) is 20.4. The van der Waals surface area contributed by atoms with Crippen LogP contribution in [0.1, 0.15) is 36.5 Å². The summed E-state index contributed by atoms with van der Waals surface area (Å²) in [5.41, 5.74) is 2.76. The maximum absolute atomic E-state index is 12.5. The predicted molar refractivity (Wildman–Crippen MR) is 114 cm³/mol. The lowest BCUT2D eigenvalue weighted by Gasteiger charge is -2.26. The minimum Gasteiger partial charge on any atom is -0.376 e. The Hall–Kier alpha value is -3.35. The molecule has 7 nitrogen and oxygen atoms in total. The average molecular weight is 394 g/mol. The van der Waals surface area contributed by atoms with E-state index in [9.17, 15) is 14.4 Å². The molecule has 3 amide bonds. The Bertz CT molecular complexity index is 857. The standard InChI is InChI=1S/C22H26N4O3/c1-16(27)24-19-9-11-20(12-10-19)25-21(28)15-23-18-7-5-17(6-8-18)22(29)26-13-3-2-4-14-26/h5-12,23H,2-4,13-15H2,1H3,(H,24,27)(H,25,28). The first-order chi connectivity index (χ1) is 14.0. The monoisotopic (exact) mass is 394 g/mol. The summed E-state index contributed by atoms with van der Waals surface area (Å²) in [6.07, 6.45) is 3.32. The summed E-state index contributed by atoms with van der Waals surface area (Å²) in [4.78, 5) is 37.5. The molecule has 0 radical (unpaired) electrons. The largest absolute Gasteiger partial charge is 0.376 e. The molecule has 152 valence electrons. The molecule has 0 unspecified atom stereocenters. The third kappa shape index (κ3) is 6.07. The molecule has 0 aromatic heterocycles. The van der Waals surface area contributed by atoms with Crippen molar-refractivity contribution in [2.24, 2.45) is 0 Å². The van der Waals surface area contributed by atoms with Gasteiger partial charge in [-0.2, -0.15) is 0 Å². The van der Waals surface area contributed by atoms with Gasteiger partial charge in [-0.25, -0.2) is 0 Å². The number of amides is 3. The Kier molecular flexibility index (Phi) is 6.84. The van der Waals surface area contributed by atoms with E-state index in [0.717, 1.165) is 31.6 Å². The predicted octanol–water partition coefficient (Wildman–Crippen LogP) is 3.32. The molecule has 1 saturated heterocycles. The number of carbonyl (C=O) groups excluding carboxylic acids is 3. The zero-order chi connectivity index (χ0) is 20.6. The normalized spacial score (nSPS) is 13.5. The van der Waals surface area contributed by atoms with Gasteiger partial charge in [0.1, 0.15) is 0 Å². The van der Waals surface area contributed by atoms with Gasteiger partial charge in [-0.05, 0) is 67.8 Å². The zero-order valence-corrected chi connectivity index (χ0v) is 16.5. The number of hydrogen-bond donors (Lipinski definition) is 3. The van der Waals surface area contributed by atoms with Crippen molar-refractivity contribution in [3.8, 4) is 0 Å². The smallest absolute Gasteiger partial charge is 0.253 e. The highest BCUT2D eigenvalue weighted by Crippen LogP contribution is 2.16. The van der Waals surface area contributed by atoms with Gasteiger partial charge in [0, 0.05) is 42.6 Å². The third-order valence-corrected chi connectivity index (χ3v) is 4.72. The fraction of sp³-hybridized carbons (Fsp3) is 0.318. The summed E-state index contributed by atoms with van der Waals surface area (Å²) in [7, 11) is 0. The fourth-order valence-electron chi connectivity index (χ4n) is 3.24. The maximum Gasteiger partial charge on any atom is 0.253 e. The van der Waals surface area contributed by atoms with E-state index >= 15 is 0 Å². The number of anilines is 3. The molecule has 7 heteroatoms. The summed E-state index contributed by atoms with van der Waals surface area (Å²) >= 11 is 0. The maximum atomic E-state index is 12.5. The molecular formula is C22H26N4O3. The second-order valence-corrected chi connectivity index (χ2v) is 7.09. The number of carbonyl (C=O) groups is 3. The summed E-state index contributed by atoms with van der Waals surface area (Å²) < 4.78 is 0. The van der Waals surface area contributed by atoms with E-state index in [4.69, 9.17) is 0 Å². The van der Waals surface area contributed by atoms with Gasteiger partial charge < -0.3 is 20.9 Å². The van der Waals surface area contributed by atoms with Gasteiger partial charge in [-0.15, -0.1) is 0 Å². The molecule has 0 saturated carbocycles. The number of hydrogen-bond acceptors (Lipinski definition) is 4. The molecule has 1 aliphatic rings. The molecule has 0 aliphatic carbocycles. The number of likely N-dealkylation sites (tertiary alicyclic amines) is 1. The Labute approximate surface area is 170 Å². The first-order valence-corrected chi connectivity index (χ1v) is 9.82. The van der Waals surface area contributed by atoms with E-state index in [1.165, 1.54) is 13.3 Å². The van der Waals surface area contributed by atoms with Gasteiger partial charge in [-0.3, -0.25) is 14.4 Å². The van der Waals surface area contributed by atoms with Crippen molar-refractivity contribution in [3.63, 3.8) is 0 Å². The Morgan fingerprint density at radius 1 is 0.793 bits per heavy atom. The molecular weight excluding hydrogens is 368 g/mol. The van der Waals surface area contributed by atoms with Crippen molar-refractivity contribution >= 4 is 34.8 Å². The Morgan fingerprint density at radius 3 is 1.93 bits per heavy atom. The molecule has 3 rings (SSSR count). The highest BCUT2D eigenvalue weighted by molar-refractivity contribution is 5.96. The number of nitrogens with zero attached hydrogens (tertiary/aromatic N) is 1. The first-order valence-electron chi connectivity index (χ1n) is 9.82. The summed E-state index contributed by atoms with van der Waals surface area (Å²) in [5, 5.41) is 8.52. The van der Waals surface area contributed by atoms with Crippen molar-refractivity contribution < 1.29 is 14.4 Å². The van der Waals surface area contributed by atoms with Crippen molar-refractivity contribution in [2.75, 3.05) is 35.6 Å². The SMILES string of the molecule is CC(=O)Nc1ccc(NC(=O)CNc2ccc(C(=O)N3CCCCC3)cc2)cc1. The van der Waals surface area contributed by atoms with Crippen molar-refractivity contribution in [3.05, 3.63) is 54.1 Å². The summed E-state index contributed by atoms with van der Waals surface area (Å²) in [6.45, 7) is 3.19. The molecule has 1 heterocycles. The van der Waals surface area contributed by atoms with E-state index in [1.807, 2.05) is 17.0 Å². The van der Waals surface area contributed by atoms with E-state index in [1.54, 1.807) is 36.4 Å². The van der Waals surface area contributed by atoms with Gasteiger partial charge in [0.2, 0.25) is 11.8 Å². The van der Waals surface area contributed by atoms with Gasteiger partial charge in [0.15, 0.2) is 0 Å². The van der Waals surface area contributed by atoms with Crippen LogP contribution < -0.4 is 16.0 Å². The minimum absolute atomic E-state index is 0.0664. The number of piperidine rings is 1. The molecule has 0 spiro atoms. The van der Waals surface area contributed by atoms with Crippen molar-refractivity contribution in [2.45, 2.75) is 26.2 Å². The van der Waals surface area contributed by atoms with Gasteiger partial charge in [-0.1, -0.05) is 0 Å². The van der Waals surface area contributed by atoms with Crippen LogP contribution in [-0.4, -0.2) is 42.3 Å². The second kappa shape index (κ2) is 9.73. The van der Waals surface area contributed by atoms with E-state index < -0.39 is 0 Å². The van der Waals surface area contributed by atoms with Crippen LogP contribution in [0.2, 0.25) is 0 Å². The Balaban J connectivity index is 1.47. The lowest BCUT2D eigenvalue weighted by molar-refractivity contribution is -0.115. The van der Waals surface area contributed by atoms with Crippen LogP contribution in [0.25, 0.3) is 0 Å². The van der Waals surface area contributed by atoms with Crippen LogP contribution >= 0.6 is 0 Å².